The molecule has 0 aliphatic heterocycles. The number of fused-ring (bicyclic) bond motifs is 1. The first kappa shape index (κ1) is 13.6. The van der Waals surface area contributed by atoms with Gasteiger partial charge in [0.15, 0.2) is 0 Å². The van der Waals surface area contributed by atoms with Crippen molar-refractivity contribution >= 4 is 16.9 Å². The molecule has 3 N–H and O–H groups in total. The molecule has 0 saturated heterocycles. The van der Waals surface area contributed by atoms with E-state index in [9.17, 15) is 9.90 Å². The van der Waals surface area contributed by atoms with E-state index in [1.807, 2.05) is 30.5 Å². The van der Waals surface area contributed by atoms with E-state index in [0.717, 1.165) is 16.5 Å². The normalized spacial score (nSPS) is 13.0. The molecule has 1 aromatic heterocycles. The maximum atomic E-state index is 11.3. The summed E-state index contributed by atoms with van der Waals surface area (Å²) in [7, 11) is 0. The predicted molar refractivity (Wildman–Crippen MR) is 76.3 cm³/mol. The van der Waals surface area contributed by atoms with Crippen LogP contribution in [0.25, 0.3) is 10.9 Å². The van der Waals surface area contributed by atoms with Crippen LogP contribution in [0.5, 0.6) is 0 Å². The van der Waals surface area contributed by atoms with Crippen LogP contribution in [-0.2, 0) is 11.2 Å². The van der Waals surface area contributed by atoms with Gasteiger partial charge in [0, 0.05) is 23.5 Å². The Kier molecular flexibility index (Phi) is 4.22. The van der Waals surface area contributed by atoms with Crippen LogP contribution in [-0.4, -0.2) is 28.6 Å². The third-order valence-corrected chi connectivity index (χ3v) is 3.17. The van der Waals surface area contributed by atoms with Gasteiger partial charge in [0.05, 0.1) is 0 Å². The summed E-state index contributed by atoms with van der Waals surface area (Å²) in [4.78, 5) is 14.5. The van der Waals surface area contributed by atoms with Gasteiger partial charge in [-0.2, -0.15) is 0 Å². The van der Waals surface area contributed by atoms with E-state index >= 15 is 0 Å². The summed E-state index contributed by atoms with van der Waals surface area (Å²) >= 11 is 0. The number of rotatable bonds is 6. The van der Waals surface area contributed by atoms with Crippen molar-refractivity contribution < 1.29 is 9.90 Å². The largest absolute Gasteiger partial charge is 0.480 e. The minimum Gasteiger partial charge on any atom is -0.480 e. The summed E-state index contributed by atoms with van der Waals surface area (Å²) < 4.78 is 0. The molecule has 102 valence electrons. The lowest BCUT2D eigenvalue weighted by Crippen LogP contribution is -2.40. The smallest absolute Gasteiger partial charge is 0.321 e. The summed E-state index contributed by atoms with van der Waals surface area (Å²) in [6.45, 7) is 4.84. The third kappa shape index (κ3) is 3.35. The second kappa shape index (κ2) is 5.89. The Hall–Kier alpha value is -1.81. The lowest BCUT2D eigenvalue weighted by Gasteiger charge is -2.15. The lowest BCUT2D eigenvalue weighted by molar-refractivity contribution is -0.139. The molecule has 19 heavy (non-hydrogen) atoms. The van der Waals surface area contributed by atoms with E-state index in [4.69, 9.17) is 0 Å². The zero-order valence-electron chi connectivity index (χ0n) is 11.3. The summed E-state index contributed by atoms with van der Waals surface area (Å²) in [5.74, 6) is -0.365. The fraction of sp³-hybridized carbons (Fsp3) is 0.400. The highest BCUT2D eigenvalue weighted by atomic mass is 16.4. The van der Waals surface area contributed by atoms with Gasteiger partial charge in [-0.3, -0.25) is 4.79 Å². The summed E-state index contributed by atoms with van der Waals surface area (Å²) in [6, 6.07) is 7.41. The molecule has 2 aromatic rings. The number of carbonyl (C=O) groups is 1. The van der Waals surface area contributed by atoms with Crippen molar-refractivity contribution in [3.63, 3.8) is 0 Å². The number of nitrogens with one attached hydrogen (secondary N) is 2. The first-order chi connectivity index (χ1) is 9.08. The molecule has 0 aliphatic rings. The van der Waals surface area contributed by atoms with E-state index in [0.29, 0.717) is 18.9 Å². The number of hydrogen-bond acceptors (Lipinski definition) is 2. The highest BCUT2D eigenvalue weighted by Crippen LogP contribution is 2.19. The van der Waals surface area contributed by atoms with Gasteiger partial charge >= 0.3 is 5.97 Å². The Balaban J connectivity index is 2.14. The van der Waals surface area contributed by atoms with Gasteiger partial charge in [0.2, 0.25) is 0 Å². The summed E-state index contributed by atoms with van der Waals surface area (Å²) in [6.07, 6.45) is 2.39. The topological polar surface area (TPSA) is 65.1 Å². The summed E-state index contributed by atoms with van der Waals surface area (Å²) in [5.41, 5.74) is 2.09. The van der Waals surface area contributed by atoms with Crippen molar-refractivity contribution in [3.05, 3.63) is 36.0 Å². The van der Waals surface area contributed by atoms with Crippen LogP contribution >= 0.6 is 0 Å². The monoisotopic (exact) mass is 260 g/mol. The van der Waals surface area contributed by atoms with E-state index in [2.05, 4.69) is 24.1 Å². The molecule has 4 heteroatoms. The molecule has 0 saturated carbocycles. The van der Waals surface area contributed by atoms with Gasteiger partial charge in [-0.05, 0) is 24.1 Å². The fourth-order valence-corrected chi connectivity index (χ4v) is 2.15. The zero-order valence-corrected chi connectivity index (χ0v) is 11.3. The first-order valence-corrected chi connectivity index (χ1v) is 6.59. The van der Waals surface area contributed by atoms with Crippen LogP contribution in [0.4, 0.5) is 0 Å². The molecule has 0 amide bonds. The van der Waals surface area contributed by atoms with Crippen molar-refractivity contribution in [2.24, 2.45) is 5.92 Å². The molecular formula is C15H20N2O2. The number of aromatic amines is 1. The molecule has 1 aromatic carbocycles. The molecule has 2 rings (SSSR count). The molecular weight excluding hydrogens is 240 g/mol. The van der Waals surface area contributed by atoms with Crippen LogP contribution in [0, 0.1) is 5.92 Å². The Morgan fingerprint density at radius 1 is 1.37 bits per heavy atom. The molecule has 1 atom stereocenters. The van der Waals surface area contributed by atoms with Crippen LogP contribution in [0.3, 0.4) is 0 Å². The van der Waals surface area contributed by atoms with Crippen molar-refractivity contribution in [2.45, 2.75) is 26.3 Å². The van der Waals surface area contributed by atoms with Crippen LogP contribution < -0.4 is 5.32 Å². The van der Waals surface area contributed by atoms with Crippen molar-refractivity contribution in [2.75, 3.05) is 6.54 Å². The SMILES string of the molecule is CC(C)CNC(Cc1c[nH]c2ccccc12)C(=O)O. The number of carboxylic acids is 1. The maximum Gasteiger partial charge on any atom is 0.321 e. The van der Waals surface area contributed by atoms with Crippen LogP contribution in [0.15, 0.2) is 30.5 Å². The molecule has 0 radical (unpaired) electrons. The fourth-order valence-electron chi connectivity index (χ4n) is 2.15. The molecule has 0 aliphatic carbocycles. The molecule has 0 spiro atoms. The van der Waals surface area contributed by atoms with Crippen LogP contribution in [0.1, 0.15) is 19.4 Å². The standard InChI is InChI=1S/C15H20N2O2/c1-10(2)8-16-14(15(18)19)7-11-9-17-13-6-4-3-5-12(11)13/h3-6,9-10,14,16-17H,7-8H2,1-2H3,(H,18,19). The number of aliphatic carboxylic acids is 1. The van der Waals surface area contributed by atoms with Crippen molar-refractivity contribution in [1.82, 2.24) is 10.3 Å². The van der Waals surface area contributed by atoms with E-state index in [1.54, 1.807) is 0 Å². The number of hydrogen-bond donors (Lipinski definition) is 3. The number of aromatic nitrogens is 1. The number of H-pyrrole nitrogens is 1. The Labute approximate surface area is 112 Å². The highest BCUT2D eigenvalue weighted by molar-refractivity contribution is 5.84. The summed E-state index contributed by atoms with van der Waals surface area (Å²) in [5, 5.41) is 13.5. The van der Waals surface area contributed by atoms with Gasteiger partial charge < -0.3 is 15.4 Å². The third-order valence-electron chi connectivity index (χ3n) is 3.17. The van der Waals surface area contributed by atoms with Crippen LogP contribution in [0.2, 0.25) is 0 Å². The van der Waals surface area contributed by atoms with Gasteiger partial charge in [-0.1, -0.05) is 32.0 Å². The average Bonchev–Trinajstić information content (AvgIpc) is 2.77. The second-order valence-corrected chi connectivity index (χ2v) is 5.26. The van der Waals surface area contributed by atoms with Gasteiger partial charge in [-0.25, -0.2) is 0 Å². The minimum atomic E-state index is -0.800. The molecule has 0 fully saturated rings. The predicted octanol–water partition coefficient (Wildman–Crippen LogP) is 2.41. The van der Waals surface area contributed by atoms with Crippen molar-refractivity contribution in [3.8, 4) is 0 Å². The number of carboxylic acid groups (broad SMARTS) is 1. The number of benzene rings is 1. The highest BCUT2D eigenvalue weighted by Gasteiger charge is 2.19. The molecule has 1 heterocycles. The van der Waals surface area contributed by atoms with E-state index < -0.39 is 12.0 Å². The zero-order chi connectivity index (χ0) is 13.8. The molecule has 0 bridgehead atoms. The number of para-hydroxylation sites is 1. The quantitative estimate of drug-likeness (QED) is 0.747. The van der Waals surface area contributed by atoms with Gasteiger partial charge in [-0.15, -0.1) is 0 Å². The first-order valence-electron chi connectivity index (χ1n) is 6.59. The van der Waals surface area contributed by atoms with Gasteiger partial charge in [0.25, 0.3) is 0 Å². The van der Waals surface area contributed by atoms with E-state index in [-0.39, 0.29) is 0 Å². The van der Waals surface area contributed by atoms with E-state index in [1.165, 1.54) is 0 Å². The minimum absolute atomic E-state index is 0.435. The molecule has 4 nitrogen and oxygen atoms in total. The Bertz CT molecular complexity index is 560. The van der Waals surface area contributed by atoms with Crippen molar-refractivity contribution in [1.29, 1.82) is 0 Å². The Morgan fingerprint density at radius 3 is 2.79 bits per heavy atom. The molecule has 1 unspecified atom stereocenters. The average molecular weight is 260 g/mol. The Morgan fingerprint density at radius 2 is 2.11 bits per heavy atom. The maximum absolute atomic E-state index is 11.3. The second-order valence-electron chi connectivity index (χ2n) is 5.26. The van der Waals surface area contributed by atoms with Gasteiger partial charge in [0.1, 0.15) is 6.04 Å². The lowest BCUT2D eigenvalue weighted by atomic mass is 10.0.